The highest BCUT2D eigenvalue weighted by Gasteiger charge is 2.15. The van der Waals surface area contributed by atoms with Crippen LogP contribution >= 0.6 is 0 Å². The Labute approximate surface area is 89.8 Å². The molecule has 0 aliphatic rings. The number of alkyl halides is 2. The Kier molecular flexibility index (Phi) is 6.89. The maximum atomic E-state index is 12.8. The Hall–Kier alpha value is -1.60. The number of carboxylic acid groups (broad SMARTS) is 2. The molecule has 0 bridgehead atoms. The smallest absolute Gasteiger partial charge is 0.450 e. The number of hydrogen-bond donors (Lipinski definition) is 2. The molecule has 0 radical (unpaired) electrons. The van der Waals surface area contributed by atoms with Gasteiger partial charge in [0.05, 0.1) is 0 Å². The second-order valence-corrected chi connectivity index (χ2v) is 2.93. The van der Waals surface area contributed by atoms with Gasteiger partial charge in [-0.2, -0.15) is 0 Å². The predicted molar refractivity (Wildman–Crippen MR) is 47.0 cm³/mol. The fourth-order valence-corrected chi connectivity index (χ4v) is 0.852. The summed E-state index contributed by atoms with van der Waals surface area (Å²) in [6.45, 7) is -1.33. The van der Waals surface area contributed by atoms with Crippen molar-refractivity contribution in [3.8, 4) is 0 Å². The quantitative estimate of drug-likeness (QED) is 0.661. The molecular formula is C8H12F2O6. The van der Waals surface area contributed by atoms with Gasteiger partial charge < -0.3 is 19.7 Å². The zero-order chi connectivity index (χ0) is 12.6. The molecule has 0 rings (SSSR count). The van der Waals surface area contributed by atoms with E-state index in [1.807, 2.05) is 0 Å². The minimum atomic E-state index is -1.61. The van der Waals surface area contributed by atoms with Crippen LogP contribution in [0.15, 0.2) is 0 Å². The first-order valence-electron chi connectivity index (χ1n) is 4.41. The van der Waals surface area contributed by atoms with E-state index >= 15 is 0 Å². The molecule has 0 aromatic carbocycles. The van der Waals surface area contributed by atoms with E-state index in [0.717, 1.165) is 0 Å². The lowest BCUT2D eigenvalue weighted by molar-refractivity contribution is 0.0523. The standard InChI is InChI=1S/C8H12F2O6/c9-5(3-15-7(11)12)1-2-6(10)4-16-8(13)14/h5-6H,1-4H2,(H,11,12)(H,13,14). The topological polar surface area (TPSA) is 93.1 Å². The molecule has 2 unspecified atom stereocenters. The fraction of sp³-hybridized carbons (Fsp3) is 0.750. The molecule has 0 saturated carbocycles. The van der Waals surface area contributed by atoms with E-state index < -0.39 is 37.9 Å². The molecule has 0 saturated heterocycles. The van der Waals surface area contributed by atoms with E-state index in [2.05, 4.69) is 9.47 Å². The van der Waals surface area contributed by atoms with Crippen LogP contribution in [0.3, 0.4) is 0 Å². The van der Waals surface area contributed by atoms with Crippen molar-refractivity contribution in [1.29, 1.82) is 0 Å². The van der Waals surface area contributed by atoms with Crippen LogP contribution in [-0.4, -0.2) is 48.1 Å². The van der Waals surface area contributed by atoms with Crippen molar-refractivity contribution < 1.29 is 38.1 Å². The van der Waals surface area contributed by atoms with Gasteiger partial charge in [-0.3, -0.25) is 0 Å². The van der Waals surface area contributed by atoms with Crippen LogP contribution in [0.1, 0.15) is 12.8 Å². The summed E-state index contributed by atoms with van der Waals surface area (Å²) in [6.07, 6.45) is -6.96. The Morgan fingerprint density at radius 1 is 0.938 bits per heavy atom. The average Bonchev–Trinajstić information content (AvgIpc) is 2.20. The maximum Gasteiger partial charge on any atom is 0.505 e. The largest absolute Gasteiger partial charge is 0.505 e. The molecule has 0 aliphatic heterocycles. The van der Waals surface area contributed by atoms with Crippen LogP contribution in [0.2, 0.25) is 0 Å². The molecule has 2 atom stereocenters. The summed E-state index contributed by atoms with van der Waals surface area (Å²) in [7, 11) is 0. The minimum Gasteiger partial charge on any atom is -0.450 e. The Morgan fingerprint density at radius 2 is 1.25 bits per heavy atom. The third-order valence-electron chi connectivity index (χ3n) is 1.57. The molecule has 0 aromatic heterocycles. The van der Waals surface area contributed by atoms with Crippen molar-refractivity contribution in [2.24, 2.45) is 0 Å². The van der Waals surface area contributed by atoms with Crippen LogP contribution in [0, 0.1) is 0 Å². The van der Waals surface area contributed by atoms with Crippen LogP contribution in [-0.2, 0) is 9.47 Å². The van der Waals surface area contributed by atoms with E-state index in [1.54, 1.807) is 0 Å². The van der Waals surface area contributed by atoms with Crippen LogP contribution in [0.25, 0.3) is 0 Å². The van der Waals surface area contributed by atoms with E-state index in [-0.39, 0.29) is 12.8 Å². The van der Waals surface area contributed by atoms with Crippen LogP contribution in [0.4, 0.5) is 18.4 Å². The van der Waals surface area contributed by atoms with Crippen molar-refractivity contribution in [2.75, 3.05) is 13.2 Å². The van der Waals surface area contributed by atoms with Crippen molar-refractivity contribution in [1.82, 2.24) is 0 Å². The summed E-state index contributed by atoms with van der Waals surface area (Å²) < 4.78 is 33.5. The van der Waals surface area contributed by atoms with Gasteiger partial charge in [0.15, 0.2) is 0 Å². The van der Waals surface area contributed by atoms with Gasteiger partial charge in [-0.1, -0.05) is 0 Å². The molecular weight excluding hydrogens is 230 g/mol. The lowest BCUT2D eigenvalue weighted by atomic mass is 10.1. The molecule has 94 valence electrons. The van der Waals surface area contributed by atoms with Crippen molar-refractivity contribution in [3.63, 3.8) is 0 Å². The fourth-order valence-electron chi connectivity index (χ4n) is 0.852. The SMILES string of the molecule is O=C(O)OCC(F)CCC(F)COC(=O)O. The Morgan fingerprint density at radius 3 is 1.50 bits per heavy atom. The van der Waals surface area contributed by atoms with Crippen molar-refractivity contribution in [2.45, 2.75) is 25.2 Å². The molecule has 0 aliphatic carbocycles. The summed E-state index contributed by atoms with van der Waals surface area (Å²) in [4.78, 5) is 19.7. The lowest BCUT2D eigenvalue weighted by Gasteiger charge is -2.10. The molecule has 16 heavy (non-hydrogen) atoms. The minimum absolute atomic E-state index is 0.266. The van der Waals surface area contributed by atoms with Gasteiger partial charge in [0, 0.05) is 0 Å². The molecule has 0 heterocycles. The first-order chi connectivity index (χ1) is 7.41. The zero-order valence-electron chi connectivity index (χ0n) is 8.27. The number of carbonyl (C=O) groups is 2. The molecule has 0 fully saturated rings. The van der Waals surface area contributed by atoms with Crippen LogP contribution < -0.4 is 0 Å². The summed E-state index contributed by atoms with van der Waals surface area (Å²) in [5, 5.41) is 16.1. The van der Waals surface area contributed by atoms with E-state index in [9.17, 15) is 18.4 Å². The molecule has 0 spiro atoms. The molecule has 0 amide bonds. The summed E-state index contributed by atoms with van der Waals surface area (Å²) in [6, 6.07) is 0. The van der Waals surface area contributed by atoms with Crippen molar-refractivity contribution in [3.05, 3.63) is 0 Å². The third-order valence-corrected chi connectivity index (χ3v) is 1.57. The zero-order valence-corrected chi connectivity index (χ0v) is 8.27. The average molecular weight is 242 g/mol. The van der Waals surface area contributed by atoms with Gasteiger partial charge in [-0.15, -0.1) is 0 Å². The third kappa shape index (κ3) is 8.97. The second kappa shape index (κ2) is 7.66. The van der Waals surface area contributed by atoms with E-state index in [1.165, 1.54) is 0 Å². The number of rotatable bonds is 7. The highest BCUT2D eigenvalue weighted by molar-refractivity contribution is 5.57. The van der Waals surface area contributed by atoms with Gasteiger partial charge in [-0.25, -0.2) is 18.4 Å². The molecule has 8 heteroatoms. The van der Waals surface area contributed by atoms with Gasteiger partial charge in [-0.05, 0) is 12.8 Å². The Balaban J connectivity index is 3.54. The first kappa shape index (κ1) is 14.4. The van der Waals surface area contributed by atoms with Gasteiger partial charge in [0.25, 0.3) is 0 Å². The normalized spacial score (nSPS) is 13.9. The summed E-state index contributed by atoms with van der Waals surface area (Å²) in [5.74, 6) is 0. The first-order valence-corrected chi connectivity index (χ1v) is 4.41. The summed E-state index contributed by atoms with van der Waals surface area (Å²) >= 11 is 0. The molecule has 0 aromatic rings. The van der Waals surface area contributed by atoms with Crippen LogP contribution in [0.5, 0.6) is 0 Å². The Bertz CT molecular complexity index is 211. The van der Waals surface area contributed by atoms with Gasteiger partial charge in [0.1, 0.15) is 25.6 Å². The molecule has 2 N–H and O–H groups in total. The maximum absolute atomic E-state index is 12.8. The number of ether oxygens (including phenoxy) is 2. The van der Waals surface area contributed by atoms with Crippen molar-refractivity contribution >= 4 is 12.3 Å². The number of hydrogen-bond acceptors (Lipinski definition) is 4. The number of halogens is 2. The van der Waals surface area contributed by atoms with Gasteiger partial charge in [0.2, 0.25) is 0 Å². The lowest BCUT2D eigenvalue weighted by Crippen LogP contribution is -2.18. The van der Waals surface area contributed by atoms with E-state index in [4.69, 9.17) is 10.2 Å². The predicted octanol–water partition coefficient (Wildman–Crippen LogP) is 1.83. The highest BCUT2D eigenvalue weighted by Crippen LogP contribution is 2.09. The molecule has 6 nitrogen and oxygen atoms in total. The highest BCUT2D eigenvalue weighted by atomic mass is 19.1. The summed E-state index contributed by atoms with van der Waals surface area (Å²) in [5.41, 5.74) is 0. The monoisotopic (exact) mass is 242 g/mol. The second-order valence-electron chi connectivity index (χ2n) is 2.93. The van der Waals surface area contributed by atoms with Gasteiger partial charge >= 0.3 is 12.3 Å². The van der Waals surface area contributed by atoms with E-state index in [0.29, 0.717) is 0 Å².